The fourth-order valence-corrected chi connectivity index (χ4v) is 1.23. The first-order valence-electron chi connectivity index (χ1n) is 4.98. The zero-order valence-electron chi connectivity index (χ0n) is 8.62. The van der Waals surface area contributed by atoms with E-state index < -0.39 is 0 Å². The van der Waals surface area contributed by atoms with E-state index in [0.29, 0.717) is 6.54 Å². The molecule has 0 saturated heterocycles. The molecule has 81 valence electrons. The second-order valence-electron chi connectivity index (χ2n) is 3.34. The topological polar surface area (TPSA) is 78.9 Å². The molecule has 0 aliphatic rings. The van der Waals surface area contributed by atoms with Crippen LogP contribution >= 0.6 is 0 Å². The van der Waals surface area contributed by atoms with E-state index in [0.717, 1.165) is 17.7 Å². The SMILES string of the molecule is [NH]CCC(=O)NCCc1ccc(N)cc1. The van der Waals surface area contributed by atoms with Gasteiger partial charge in [-0.3, -0.25) is 10.5 Å². The molecule has 0 aliphatic heterocycles. The highest BCUT2D eigenvalue weighted by Gasteiger charge is 1.98. The molecule has 0 heterocycles. The molecule has 1 aromatic rings. The average molecular weight is 206 g/mol. The Bertz CT molecular complexity index is 308. The molecule has 15 heavy (non-hydrogen) atoms. The van der Waals surface area contributed by atoms with Gasteiger partial charge in [0.2, 0.25) is 5.91 Å². The van der Waals surface area contributed by atoms with E-state index in [1.54, 1.807) is 0 Å². The molecule has 1 rings (SSSR count). The third kappa shape index (κ3) is 4.46. The van der Waals surface area contributed by atoms with Gasteiger partial charge >= 0.3 is 0 Å². The van der Waals surface area contributed by atoms with E-state index >= 15 is 0 Å². The highest BCUT2D eigenvalue weighted by molar-refractivity contribution is 5.75. The standard InChI is InChI=1S/C11H16N3O/c12-7-5-11(15)14-8-6-9-1-3-10(13)4-2-9/h1-4,12H,5-8,13H2,(H,14,15). The number of nitrogens with one attached hydrogen (secondary N) is 2. The van der Waals surface area contributed by atoms with Crippen LogP contribution in [0, 0.1) is 0 Å². The van der Waals surface area contributed by atoms with Gasteiger partial charge in [0.05, 0.1) is 0 Å². The Morgan fingerprint density at radius 3 is 2.60 bits per heavy atom. The summed E-state index contributed by atoms with van der Waals surface area (Å²) in [6.07, 6.45) is 1.08. The monoisotopic (exact) mass is 206 g/mol. The number of hydrogen-bond acceptors (Lipinski definition) is 2. The maximum absolute atomic E-state index is 11.0. The van der Waals surface area contributed by atoms with Crippen molar-refractivity contribution in [2.45, 2.75) is 12.8 Å². The summed E-state index contributed by atoms with van der Waals surface area (Å²) >= 11 is 0. The number of hydrogen-bond donors (Lipinski definition) is 2. The lowest BCUT2D eigenvalue weighted by molar-refractivity contribution is -0.120. The largest absolute Gasteiger partial charge is 0.399 e. The minimum atomic E-state index is -0.0551. The summed E-state index contributed by atoms with van der Waals surface area (Å²) in [6.45, 7) is 0.760. The lowest BCUT2D eigenvalue weighted by Gasteiger charge is -2.04. The van der Waals surface area contributed by atoms with Crippen LogP contribution in [0.1, 0.15) is 12.0 Å². The van der Waals surface area contributed by atoms with Gasteiger partial charge in [-0.05, 0) is 24.1 Å². The molecule has 4 N–H and O–H groups in total. The van der Waals surface area contributed by atoms with E-state index in [1.165, 1.54) is 0 Å². The van der Waals surface area contributed by atoms with Crippen LogP contribution in [0.2, 0.25) is 0 Å². The summed E-state index contributed by atoms with van der Waals surface area (Å²) in [7, 11) is 0. The summed E-state index contributed by atoms with van der Waals surface area (Å²) in [5.41, 5.74) is 14.3. The number of nitrogens with two attached hydrogens (primary N) is 1. The van der Waals surface area contributed by atoms with Crippen LogP contribution in [-0.4, -0.2) is 19.0 Å². The molecule has 0 spiro atoms. The van der Waals surface area contributed by atoms with Gasteiger partial charge in [-0.2, -0.15) is 0 Å². The predicted molar refractivity (Wildman–Crippen MR) is 60.1 cm³/mol. The third-order valence-corrected chi connectivity index (χ3v) is 2.07. The number of rotatable bonds is 5. The van der Waals surface area contributed by atoms with E-state index in [-0.39, 0.29) is 18.9 Å². The Morgan fingerprint density at radius 1 is 1.33 bits per heavy atom. The van der Waals surface area contributed by atoms with Gasteiger partial charge in [0.15, 0.2) is 0 Å². The predicted octanol–water partition coefficient (Wildman–Crippen LogP) is 0.600. The van der Waals surface area contributed by atoms with Crippen LogP contribution in [0.15, 0.2) is 24.3 Å². The number of carbonyl (C=O) groups is 1. The highest BCUT2D eigenvalue weighted by atomic mass is 16.1. The number of benzene rings is 1. The summed E-state index contributed by atoms with van der Waals surface area (Å²) in [6, 6.07) is 7.60. The van der Waals surface area contributed by atoms with Crippen molar-refractivity contribution in [3.8, 4) is 0 Å². The molecular weight excluding hydrogens is 190 g/mol. The van der Waals surface area contributed by atoms with Crippen molar-refractivity contribution < 1.29 is 4.79 Å². The van der Waals surface area contributed by atoms with Gasteiger partial charge in [0, 0.05) is 25.2 Å². The van der Waals surface area contributed by atoms with Crippen LogP contribution in [0.4, 0.5) is 5.69 Å². The van der Waals surface area contributed by atoms with Gasteiger partial charge in [0.25, 0.3) is 0 Å². The van der Waals surface area contributed by atoms with Crippen molar-refractivity contribution >= 4 is 11.6 Å². The van der Waals surface area contributed by atoms with Crippen molar-refractivity contribution in [2.75, 3.05) is 18.8 Å². The molecule has 1 radical (unpaired) electrons. The lowest BCUT2D eigenvalue weighted by atomic mass is 10.1. The Balaban J connectivity index is 2.26. The Kier molecular flexibility index (Phi) is 4.63. The first-order chi connectivity index (χ1) is 7.22. The van der Waals surface area contributed by atoms with Crippen molar-refractivity contribution in [1.82, 2.24) is 11.1 Å². The molecule has 0 bridgehead atoms. The van der Waals surface area contributed by atoms with Crippen LogP contribution in [0.25, 0.3) is 0 Å². The van der Waals surface area contributed by atoms with Gasteiger partial charge < -0.3 is 11.1 Å². The van der Waals surface area contributed by atoms with Crippen LogP contribution in [0.5, 0.6) is 0 Å². The van der Waals surface area contributed by atoms with Gasteiger partial charge in [-0.15, -0.1) is 0 Å². The van der Waals surface area contributed by atoms with Crippen molar-refractivity contribution in [1.29, 1.82) is 0 Å². The maximum Gasteiger partial charge on any atom is 0.221 e. The zero-order chi connectivity index (χ0) is 11.1. The Labute approximate surface area is 89.6 Å². The second-order valence-corrected chi connectivity index (χ2v) is 3.34. The molecule has 0 saturated carbocycles. The first kappa shape index (κ1) is 11.5. The molecule has 4 nitrogen and oxygen atoms in total. The molecule has 0 unspecified atom stereocenters. The molecule has 1 amide bonds. The average Bonchev–Trinajstić information content (AvgIpc) is 2.21. The second kappa shape index (κ2) is 6.03. The van der Waals surface area contributed by atoms with Gasteiger partial charge in [-0.1, -0.05) is 12.1 Å². The molecule has 0 aliphatic carbocycles. The minimum absolute atomic E-state index is 0.0551. The molecule has 1 aromatic carbocycles. The summed E-state index contributed by atoms with van der Waals surface area (Å²) in [5, 5.41) is 2.76. The normalized spacial score (nSPS) is 9.93. The van der Waals surface area contributed by atoms with E-state index in [1.807, 2.05) is 24.3 Å². The molecule has 0 aromatic heterocycles. The molecule has 0 fully saturated rings. The van der Waals surface area contributed by atoms with E-state index in [9.17, 15) is 4.79 Å². The van der Waals surface area contributed by atoms with Crippen LogP contribution in [0.3, 0.4) is 0 Å². The summed E-state index contributed by atoms with van der Waals surface area (Å²) in [4.78, 5) is 11.0. The van der Waals surface area contributed by atoms with Crippen molar-refractivity contribution in [3.05, 3.63) is 29.8 Å². The van der Waals surface area contributed by atoms with Gasteiger partial charge in [0.1, 0.15) is 0 Å². The quantitative estimate of drug-likeness (QED) is 0.692. The fourth-order valence-electron chi connectivity index (χ4n) is 1.23. The number of carbonyl (C=O) groups excluding carboxylic acids is 1. The maximum atomic E-state index is 11.0. The minimum Gasteiger partial charge on any atom is -0.399 e. The highest BCUT2D eigenvalue weighted by Crippen LogP contribution is 2.05. The number of nitrogen functional groups attached to an aromatic ring is 1. The molecule has 4 heteroatoms. The Morgan fingerprint density at radius 2 is 2.00 bits per heavy atom. The summed E-state index contributed by atoms with van der Waals surface area (Å²) in [5.74, 6) is -0.0551. The van der Waals surface area contributed by atoms with Crippen LogP contribution in [-0.2, 0) is 11.2 Å². The summed E-state index contributed by atoms with van der Waals surface area (Å²) < 4.78 is 0. The smallest absolute Gasteiger partial charge is 0.221 e. The van der Waals surface area contributed by atoms with Crippen molar-refractivity contribution in [3.63, 3.8) is 0 Å². The van der Waals surface area contributed by atoms with Crippen molar-refractivity contribution in [2.24, 2.45) is 0 Å². The van der Waals surface area contributed by atoms with Gasteiger partial charge in [-0.25, -0.2) is 0 Å². The third-order valence-electron chi connectivity index (χ3n) is 2.07. The first-order valence-corrected chi connectivity index (χ1v) is 4.98. The lowest BCUT2D eigenvalue weighted by Crippen LogP contribution is -2.26. The zero-order valence-corrected chi connectivity index (χ0v) is 8.62. The van der Waals surface area contributed by atoms with E-state index in [2.05, 4.69) is 5.32 Å². The Hall–Kier alpha value is -1.55. The molecule has 0 atom stereocenters. The number of anilines is 1. The number of amides is 1. The van der Waals surface area contributed by atoms with E-state index in [4.69, 9.17) is 11.5 Å². The van der Waals surface area contributed by atoms with Crippen LogP contribution < -0.4 is 16.8 Å². The fraction of sp³-hybridized carbons (Fsp3) is 0.364. The molecular formula is C11H16N3O.